The van der Waals surface area contributed by atoms with E-state index in [2.05, 4.69) is 26.6 Å². The van der Waals surface area contributed by atoms with Crippen LogP contribution in [-0.2, 0) is 6.54 Å². The monoisotopic (exact) mass is 413 g/mol. The van der Waals surface area contributed by atoms with E-state index >= 15 is 0 Å². The summed E-state index contributed by atoms with van der Waals surface area (Å²) in [5.74, 6) is 0.781. The second kappa shape index (κ2) is 9.65. The van der Waals surface area contributed by atoms with Gasteiger partial charge in [-0.1, -0.05) is 29.8 Å². The van der Waals surface area contributed by atoms with Crippen molar-refractivity contribution < 1.29 is 4.79 Å². The Balaban J connectivity index is 1.50. The van der Waals surface area contributed by atoms with Crippen molar-refractivity contribution in [3.8, 4) is 0 Å². The molecule has 1 atom stereocenters. The molecule has 2 aromatic rings. The largest absolute Gasteiger partial charge is 0.369 e. The van der Waals surface area contributed by atoms with Gasteiger partial charge >= 0.3 is 0 Å². The van der Waals surface area contributed by atoms with E-state index < -0.39 is 0 Å². The molecular formula is C22H28ClN5O. The van der Waals surface area contributed by atoms with Crippen molar-refractivity contribution in [1.82, 2.24) is 15.5 Å². The van der Waals surface area contributed by atoms with Crippen LogP contribution in [0.3, 0.4) is 0 Å². The maximum absolute atomic E-state index is 12.0. The molecule has 0 aliphatic carbocycles. The molecule has 1 unspecified atom stereocenters. The topological polar surface area (TPSA) is 60.0 Å². The predicted octanol–water partition coefficient (Wildman–Crippen LogP) is 2.99. The number of hydrogen-bond acceptors (Lipinski definition) is 3. The van der Waals surface area contributed by atoms with E-state index in [4.69, 9.17) is 11.6 Å². The van der Waals surface area contributed by atoms with Gasteiger partial charge in [-0.15, -0.1) is 0 Å². The van der Waals surface area contributed by atoms with E-state index in [0.29, 0.717) is 18.2 Å². The number of rotatable bonds is 5. The van der Waals surface area contributed by atoms with Gasteiger partial charge in [0.15, 0.2) is 5.96 Å². The van der Waals surface area contributed by atoms with E-state index in [9.17, 15) is 4.79 Å². The van der Waals surface area contributed by atoms with E-state index in [-0.39, 0.29) is 5.91 Å². The zero-order valence-electron chi connectivity index (χ0n) is 17.2. The number of amides is 1. The number of carbonyl (C=O) groups is 1. The fraction of sp³-hybridized carbons (Fsp3) is 0.364. The number of guanidine groups is 1. The van der Waals surface area contributed by atoms with Crippen LogP contribution in [0.15, 0.2) is 53.5 Å². The average Bonchev–Trinajstić information content (AvgIpc) is 3.19. The summed E-state index contributed by atoms with van der Waals surface area (Å²) in [5, 5.41) is 7.61. The molecule has 29 heavy (non-hydrogen) atoms. The van der Waals surface area contributed by atoms with Crippen LogP contribution in [0.4, 0.5) is 5.69 Å². The lowest BCUT2D eigenvalue weighted by Gasteiger charge is -2.20. The second-order valence-corrected chi connectivity index (χ2v) is 7.81. The smallest absolute Gasteiger partial charge is 0.253 e. The van der Waals surface area contributed by atoms with Crippen LogP contribution in [0.2, 0.25) is 5.02 Å². The number of halogens is 1. The summed E-state index contributed by atoms with van der Waals surface area (Å²) in [5.41, 5.74) is 2.93. The Morgan fingerprint density at radius 2 is 2.00 bits per heavy atom. The van der Waals surface area contributed by atoms with E-state index in [1.165, 1.54) is 0 Å². The third-order valence-electron chi connectivity index (χ3n) is 4.99. The molecule has 1 amide bonds. The highest BCUT2D eigenvalue weighted by Crippen LogP contribution is 2.23. The number of carbonyl (C=O) groups excluding carboxylic acids is 1. The van der Waals surface area contributed by atoms with Gasteiger partial charge in [-0.25, -0.2) is 0 Å². The fourth-order valence-corrected chi connectivity index (χ4v) is 3.57. The van der Waals surface area contributed by atoms with E-state index in [1.807, 2.05) is 42.5 Å². The minimum Gasteiger partial charge on any atom is -0.369 e. The number of nitrogens with one attached hydrogen (secondary N) is 2. The van der Waals surface area contributed by atoms with Crippen LogP contribution < -0.4 is 15.5 Å². The molecule has 7 heteroatoms. The SMILES string of the molecule is CN=C(NCc1ccc(C(=O)N(C)C)cc1)NC1CCN(c2cccc(Cl)c2)C1. The highest BCUT2D eigenvalue weighted by atomic mass is 35.5. The fourth-order valence-electron chi connectivity index (χ4n) is 3.38. The Morgan fingerprint density at radius 1 is 1.24 bits per heavy atom. The molecule has 0 bridgehead atoms. The second-order valence-electron chi connectivity index (χ2n) is 7.38. The van der Waals surface area contributed by atoms with E-state index in [1.54, 1.807) is 26.0 Å². The first-order valence-electron chi connectivity index (χ1n) is 9.74. The van der Waals surface area contributed by atoms with Gasteiger partial charge in [0, 0.05) is 63.1 Å². The van der Waals surface area contributed by atoms with Crippen LogP contribution in [0.1, 0.15) is 22.3 Å². The van der Waals surface area contributed by atoms with Crippen molar-refractivity contribution in [3.05, 3.63) is 64.7 Å². The standard InChI is InChI=1S/C22H28ClN5O/c1-24-22(25-14-16-7-9-17(10-8-16)21(29)27(2)3)26-19-11-12-28(15-19)20-6-4-5-18(23)13-20/h4-10,13,19H,11-12,14-15H2,1-3H3,(H2,24,25,26). The molecule has 2 aromatic carbocycles. The first-order chi connectivity index (χ1) is 14.0. The predicted molar refractivity (Wildman–Crippen MR) is 120 cm³/mol. The van der Waals surface area contributed by atoms with Crippen molar-refractivity contribution in [3.63, 3.8) is 0 Å². The third-order valence-corrected chi connectivity index (χ3v) is 5.23. The van der Waals surface area contributed by atoms with Gasteiger partial charge < -0.3 is 20.4 Å². The molecule has 0 spiro atoms. The summed E-state index contributed by atoms with van der Waals surface area (Å²) < 4.78 is 0. The molecule has 0 aromatic heterocycles. The van der Waals surface area contributed by atoms with Crippen molar-refractivity contribution in [2.75, 3.05) is 39.1 Å². The van der Waals surface area contributed by atoms with Crippen LogP contribution >= 0.6 is 11.6 Å². The highest BCUT2D eigenvalue weighted by molar-refractivity contribution is 6.30. The molecule has 1 aliphatic heterocycles. The quantitative estimate of drug-likeness (QED) is 0.584. The molecule has 0 radical (unpaired) electrons. The Labute approximate surface area is 177 Å². The lowest BCUT2D eigenvalue weighted by Crippen LogP contribution is -2.44. The first kappa shape index (κ1) is 21.0. The number of hydrogen-bond donors (Lipinski definition) is 2. The third kappa shape index (κ3) is 5.64. The Kier molecular flexibility index (Phi) is 6.99. The van der Waals surface area contributed by atoms with Crippen LogP contribution in [0.5, 0.6) is 0 Å². The normalized spacial score (nSPS) is 16.6. The number of aliphatic imine (C=N–C) groups is 1. The van der Waals surface area contributed by atoms with Gasteiger partial charge in [-0.2, -0.15) is 0 Å². The minimum atomic E-state index is 0.00692. The molecule has 0 saturated carbocycles. The van der Waals surface area contributed by atoms with Gasteiger partial charge in [-0.3, -0.25) is 9.79 Å². The van der Waals surface area contributed by atoms with Crippen LogP contribution in [0.25, 0.3) is 0 Å². The summed E-state index contributed by atoms with van der Waals surface area (Å²) >= 11 is 6.12. The molecule has 6 nitrogen and oxygen atoms in total. The van der Waals surface area contributed by atoms with Gasteiger partial charge in [0.25, 0.3) is 5.91 Å². The van der Waals surface area contributed by atoms with Crippen LogP contribution in [-0.4, -0.2) is 57.0 Å². The molecule has 1 heterocycles. The van der Waals surface area contributed by atoms with Crippen molar-refractivity contribution in [2.45, 2.75) is 19.0 Å². The Hall–Kier alpha value is -2.73. The first-order valence-corrected chi connectivity index (χ1v) is 10.1. The number of benzene rings is 2. The van der Waals surface area contributed by atoms with Crippen molar-refractivity contribution in [1.29, 1.82) is 0 Å². The van der Waals surface area contributed by atoms with Crippen LogP contribution in [0, 0.1) is 0 Å². The lowest BCUT2D eigenvalue weighted by atomic mass is 10.1. The minimum absolute atomic E-state index is 0.00692. The number of anilines is 1. The molecule has 1 aliphatic rings. The highest BCUT2D eigenvalue weighted by Gasteiger charge is 2.23. The molecule has 154 valence electrons. The van der Waals surface area contributed by atoms with Gasteiger partial charge in [-0.05, 0) is 42.3 Å². The molecular weight excluding hydrogens is 386 g/mol. The molecule has 2 N–H and O–H groups in total. The molecule has 1 fully saturated rings. The maximum atomic E-state index is 12.0. The average molecular weight is 414 g/mol. The summed E-state index contributed by atoms with van der Waals surface area (Å²) in [6.07, 6.45) is 1.04. The molecule has 1 saturated heterocycles. The summed E-state index contributed by atoms with van der Waals surface area (Å²) in [6, 6.07) is 15.9. The van der Waals surface area contributed by atoms with Crippen molar-refractivity contribution in [2.24, 2.45) is 4.99 Å². The summed E-state index contributed by atoms with van der Waals surface area (Å²) in [7, 11) is 5.28. The zero-order valence-corrected chi connectivity index (χ0v) is 17.9. The van der Waals surface area contributed by atoms with Crippen molar-refractivity contribution >= 4 is 29.2 Å². The Bertz CT molecular complexity index is 866. The summed E-state index contributed by atoms with van der Waals surface area (Å²) in [6.45, 7) is 2.53. The molecule has 3 rings (SSSR count). The van der Waals surface area contributed by atoms with E-state index in [0.717, 1.165) is 41.7 Å². The van der Waals surface area contributed by atoms with Gasteiger partial charge in [0.05, 0.1) is 0 Å². The number of nitrogens with zero attached hydrogens (tertiary/aromatic N) is 3. The summed E-state index contributed by atoms with van der Waals surface area (Å²) in [4.78, 5) is 20.2. The van der Waals surface area contributed by atoms with Gasteiger partial charge in [0.1, 0.15) is 0 Å². The zero-order chi connectivity index (χ0) is 20.8. The maximum Gasteiger partial charge on any atom is 0.253 e. The lowest BCUT2D eigenvalue weighted by molar-refractivity contribution is 0.0827. The Morgan fingerprint density at radius 3 is 2.66 bits per heavy atom. The van der Waals surface area contributed by atoms with Gasteiger partial charge in [0.2, 0.25) is 0 Å².